The monoisotopic (exact) mass is 245 g/mol. The molecule has 18 heavy (non-hydrogen) atoms. The van der Waals surface area contributed by atoms with Gasteiger partial charge in [-0.15, -0.1) is 0 Å². The maximum atomic E-state index is 10.9. The van der Waals surface area contributed by atoms with E-state index in [2.05, 4.69) is 9.89 Å². The van der Waals surface area contributed by atoms with E-state index in [-0.39, 0.29) is 18.5 Å². The van der Waals surface area contributed by atoms with Gasteiger partial charge in [0.1, 0.15) is 0 Å². The summed E-state index contributed by atoms with van der Waals surface area (Å²) in [5.41, 5.74) is 1.95. The van der Waals surface area contributed by atoms with Gasteiger partial charge in [0.05, 0.1) is 19.2 Å². The van der Waals surface area contributed by atoms with Crippen LogP contribution >= 0.6 is 0 Å². The molecule has 0 saturated heterocycles. The average molecular weight is 245 g/mol. The molecule has 0 bridgehead atoms. The Labute approximate surface area is 106 Å². The second-order valence-electron chi connectivity index (χ2n) is 3.97. The predicted octanol–water partition coefficient (Wildman–Crippen LogP) is 2.62. The summed E-state index contributed by atoms with van der Waals surface area (Å²) < 4.78 is 4.54. The Balaban J connectivity index is 1.86. The largest absolute Gasteiger partial charge is 0.469 e. The molecule has 0 fully saturated rings. The topological polar surface area (TPSA) is 47.9 Å². The fraction of sp³-hybridized carbons (Fsp3) is 0.286. The molecule has 1 aromatic rings. The number of esters is 1. The van der Waals surface area contributed by atoms with E-state index in [1.165, 1.54) is 7.11 Å². The highest BCUT2D eigenvalue weighted by Gasteiger charge is 2.20. The number of allylic oxidation sites excluding steroid dienone is 1. The summed E-state index contributed by atoms with van der Waals surface area (Å²) in [6, 6.07) is 9.95. The summed E-state index contributed by atoms with van der Waals surface area (Å²) in [6.07, 6.45) is 4.50. The Hall–Kier alpha value is -2.10. The molecule has 1 aliphatic heterocycles. The number of hydrogen-bond donors (Lipinski definition) is 0. The maximum absolute atomic E-state index is 10.9. The molecule has 0 spiro atoms. The number of ether oxygens (including phenoxy) is 1. The first-order chi connectivity index (χ1) is 8.79. The molecule has 4 nitrogen and oxygen atoms in total. The third-order valence-corrected chi connectivity index (χ3v) is 2.69. The molecule has 1 unspecified atom stereocenters. The summed E-state index contributed by atoms with van der Waals surface area (Å²) >= 11 is 0. The lowest BCUT2D eigenvalue weighted by Gasteiger charge is -2.06. The molecule has 0 saturated carbocycles. The first-order valence-electron chi connectivity index (χ1n) is 5.80. The molecule has 1 heterocycles. The van der Waals surface area contributed by atoms with Crippen molar-refractivity contribution in [3.05, 3.63) is 48.0 Å². The van der Waals surface area contributed by atoms with Crippen molar-refractivity contribution in [2.45, 2.75) is 18.9 Å². The van der Waals surface area contributed by atoms with Crippen LogP contribution in [0.4, 0.5) is 0 Å². The predicted molar refractivity (Wildman–Crippen MR) is 68.1 cm³/mol. The Morgan fingerprint density at radius 3 is 3.00 bits per heavy atom. The van der Waals surface area contributed by atoms with Crippen molar-refractivity contribution in [2.24, 2.45) is 5.16 Å². The highest BCUT2D eigenvalue weighted by atomic mass is 16.6. The van der Waals surface area contributed by atoms with Crippen molar-refractivity contribution in [1.29, 1.82) is 0 Å². The van der Waals surface area contributed by atoms with Gasteiger partial charge in [-0.25, -0.2) is 0 Å². The third kappa shape index (κ3) is 3.20. The van der Waals surface area contributed by atoms with Gasteiger partial charge in [0.15, 0.2) is 6.10 Å². The van der Waals surface area contributed by atoms with Crippen LogP contribution in [0.1, 0.15) is 24.5 Å². The number of carbonyl (C=O) groups excluding carboxylic acids is 1. The van der Waals surface area contributed by atoms with Crippen molar-refractivity contribution in [3.63, 3.8) is 0 Å². The van der Waals surface area contributed by atoms with Crippen LogP contribution < -0.4 is 0 Å². The maximum Gasteiger partial charge on any atom is 0.309 e. The van der Waals surface area contributed by atoms with Crippen LogP contribution in [0.3, 0.4) is 0 Å². The van der Waals surface area contributed by atoms with E-state index in [1.54, 1.807) is 12.2 Å². The highest BCUT2D eigenvalue weighted by molar-refractivity contribution is 5.96. The lowest BCUT2D eigenvalue weighted by molar-refractivity contribution is -0.139. The minimum atomic E-state index is -0.259. The second-order valence-corrected chi connectivity index (χ2v) is 3.97. The van der Waals surface area contributed by atoms with Gasteiger partial charge in [-0.3, -0.25) is 4.79 Å². The molecule has 2 rings (SSSR count). The van der Waals surface area contributed by atoms with E-state index in [9.17, 15) is 4.79 Å². The van der Waals surface area contributed by atoms with E-state index in [4.69, 9.17) is 4.84 Å². The van der Waals surface area contributed by atoms with E-state index in [0.29, 0.717) is 0 Å². The molecule has 0 aromatic heterocycles. The Morgan fingerprint density at radius 1 is 1.50 bits per heavy atom. The van der Waals surface area contributed by atoms with Gasteiger partial charge < -0.3 is 9.57 Å². The SMILES string of the molecule is COC(=O)C/C=C/C1=NOC(c2ccccc2)C1. The number of methoxy groups -OCH3 is 1. The summed E-state index contributed by atoms with van der Waals surface area (Å²) in [7, 11) is 1.37. The normalized spacial score (nSPS) is 18.5. The molecule has 1 aliphatic rings. The Kier molecular flexibility index (Phi) is 4.12. The van der Waals surface area contributed by atoms with Crippen molar-refractivity contribution >= 4 is 11.7 Å². The molecule has 0 N–H and O–H groups in total. The Bertz CT molecular complexity index is 465. The van der Waals surface area contributed by atoms with Crippen LogP contribution in [-0.4, -0.2) is 18.8 Å². The zero-order chi connectivity index (χ0) is 12.8. The van der Waals surface area contributed by atoms with Crippen LogP contribution in [-0.2, 0) is 14.4 Å². The van der Waals surface area contributed by atoms with Gasteiger partial charge in [0, 0.05) is 6.42 Å². The highest BCUT2D eigenvalue weighted by Crippen LogP contribution is 2.27. The van der Waals surface area contributed by atoms with E-state index < -0.39 is 0 Å². The minimum absolute atomic E-state index is 0.0241. The number of rotatable bonds is 4. The Morgan fingerprint density at radius 2 is 2.28 bits per heavy atom. The third-order valence-electron chi connectivity index (χ3n) is 2.69. The van der Waals surface area contributed by atoms with Gasteiger partial charge in [0.25, 0.3) is 0 Å². The van der Waals surface area contributed by atoms with Gasteiger partial charge in [-0.2, -0.15) is 0 Å². The number of hydrogen-bond acceptors (Lipinski definition) is 4. The second kappa shape index (κ2) is 6.00. The molecule has 94 valence electrons. The van der Waals surface area contributed by atoms with E-state index in [0.717, 1.165) is 17.7 Å². The summed E-state index contributed by atoms with van der Waals surface area (Å²) in [6.45, 7) is 0. The molecule has 0 radical (unpaired) electrons. The van der Waals surface area contributed by atoms with E-state index >= 15 is 0 Å². The fourth-order valence-electron chi connectivity index (χ4n) is 1.72. The first-order valence-corrected chi connectivity index (χ1v) is 5.80. The van der Waals surface area contributed by atoms with Crippen LogP contribution in [0.5, 0.6) is 0 Å². The number of oxime groups is 1. The van der Waals surface area contributed by atoms with Crippen LogP contribution in [0.15, 0.2) is 47.6 Å². The van der Waals surface area contributed by atoms with Crippen LogP contribution in [0, 0.1) is 0 Å². The molecule has 1 aromatic carbocycles. The first kappa shape index (κ1) is 12.4. The summed E-state index contributed by atoms with van der Waals surface area (Å²) in [5, 5.41) is 3.99. The smallest absolute Gasteiger partial charge is 0.309 e. The molecule has 4 heteroatoms. The lowest BCUT2D eigenvalue weighted by atomic mass is 10.0. The van der Waals surface area contributed by atoms with E-state index in [1.807, 2.05) is 30.3 Å². The van der Waals surface area contributed by atoms with Gasteiger partial charge in [-0.1, -0.05) is 41.6 Å². The van der Waals surface area contributed by atoms with Gasteiger partial charge >= 0.3 is 5.97 Å². The van der Waals surface area contributed by atoms with Crippen molar-refractivity contribution in [2.75, 3.05) is 7.11 Å². The molecule has 0 aliphatic carbocycles. The van der Waals surface area contributed by atoms with Gasteiger partial charge in [-0.05, 0) is 11.6 Å². The number of carbonyl (C=O) groups is 1. The number of benzene rings is 1. The zero-order valence-corrected chi connectivity index (χ0v) is 10.2. The van der Waals surface area contributed by atoms with Crippen molar-refractivity contribution < 1.29 is 14.4 Å². The van der Waals surface area contributed by atoms with Crippen molar-refractivity contribution in [3.8, 4) is 0 Å². The molecular weight excluding hydrogens is 230 g/mol. The average Bonchev–Trinajstić information content (AvgIpc) is 2.88. The standard InChI is InChI=1S/C14H15NO3/c1-17-14(16)9-5-8-12-10-13(18-15-12)11-6-3-2-4-7-11/h2-8,13H,9-10H2,1H3/b8-5+. The molecule has 0 amide bonds. The van der Waals surface area contributed by atoms with Crippen molar-refractivity contribution in [1.82, 2.24) is 0 Å². The fourth-order valence-corrected chi connectivity index (χ4v) is 1.72. The molecule has 1 atom stereocenters. The molecular formula is C14H15NO3. The quantitative estimate of drug-likeness (QED) is 0.766. The van der Waals surface area contributed by atoms with Gasteiger partial charge in [0.2, 0.25) is 0 Å². The summed E-state index contributed by atoms with van der Waals surface area (Å²) in [4.78, 5) is 16.3. The zero-order valence-electron chi connectivity index (χ0n) is 10.2. The van der Waals surface area contributed by atoms with Crippen LogP contribution in [0.25, 0.3) is 0 Å². The van der Waals surface area contributed by atoms with Crippen LogP contribution in [0.2, 0.25) is 0 Å². The minimum Gasteiger partial charge on any atom is -0.469 e. The summed E-state index contributed by atoms with van der Waals surface area (Å²) in [5.74, 6) is -0.259. The lowest BCUT2D eigenvalue weighted by Crippen LogP contribution is -1.99. The number of nitrogens with zero attached hydrogens (tertiary/aromatic N) is 1.